The fraction of sp³-hybridized carbons (Fsp3) is 0.615. The Balaban J connectivity index is 2.04. The van der Waals surface area contributed by atoms with Crippen LogP contribution in [0.1, 0.15) is 36.0 Å². The van der Waals surface area contributed by atoms with Crippen molar-refractivity contribution in [2.75, 3.05) is 13.1 Å². The predicted octanol–water partition coefficient (Wildman–Crippen LogP) is 0.0846. The number of carbonyl (C=O) groups is 2. The van der Waals surface area contributed by atoms with Gasteiger partial charge in [-0.05, 0) is 19.8 Å². The first-order valence-corrected chi connectivity index (χ1v) is 6.63. The van der Waals surface area contributed by atoms with Gasteiger partial charge in [0.2, 0.25) is 11.7 Å². The molecular weight excluding hydrogens is 262 g/mol. The summed E-state index contributed by atoms with van der Waals surface area (Å²) in [6, 6.07) is -0.318. The second kappa shape index (κ2) is 6.04. The van der Waals surface area contributed by atoms with Gasteiger partial charge in [-0.1, -0.05) is 0 Å². The monoisotopic (exact) mass is 281 g/mol. The SMILES string of the molecule is CC(=O)N[C@H]1CCN(C(=O)c2ocnc2C)CC[C@@H]1O. The number of amides is 2. The van der Waals surface area contributed by atoms with Crippen LogP contribution >= 0.6 is 0 Å². The Morgan fingerprint density at radius 1 is 1.45 bits per heavy atom. The van der Waals surface area contributed by atoms with Gasteiger partial charge in [-0.25, -0.2) is 4.98 Å². The number of aromatic nitrogens is 1. The molecule has 1 saturated heterocycles. The third kappa shape index (κ3) is 3.16. The van der Waals surface area contributed by atoms with Gasteiger partial charge in [0.15, 0.2) is 6.39 Å². The van der Waals surface area contributed by atoms with Gasteiger partial charge in [0, 0.05) is 20.0 Å². The zero-order valence-electron chi connectivity index (χ0n) is 11.6. The molecule has 2 atom stereocenters. The van der Waals surface area contributed by atoms with Gasteiger partial charge in [0.1, 0.15) is 0 Å². The molecule has 2 heterocycles. The Kier molecular flexibility index (Phi) is 4.39. The fourth-order valence-electron chi connectivity index (χ4n) is 2.37. The van der Waals surface area contributed by atoms with E-state index in [1.807, 2.05) is 0 Å². The molecule has 0 saturated carbocycles. The predicted molar refractivity (Wildman–Crippen MR) is 70.0 cm³/mol. The smallest absolute Gasteiger partial charge is 0.291 e. The Morgan fingerprint density at radius 2 is 2.15 bits per heavy atom. The highest BCUT2D eigenvalue weighted by molar-refractivity contribution is 5.92. The summed E-state index contributed by atoms with van der Waals surface area (Å²) in [7, 11) is 0. The first-order chi connectivity index (χ1) is 9.49. The quantitative estimate of drug-likeness (QED) is 0.800. The highest BCUT2D eigenvalue weighted by Crippen LogP contribution is 2.16. The molecule has 1 aliphatic heterocycles. The van der Waals surface area contributed by atoms with E-state index in [0.717, 1.165) is 0 Å². The molecule has 2 rings (SSSR count). The van der Waals surface area contributed by atoms with Crippen molar-refractivity contribution in [1.29, 1.82) is 0 Å². The van der Waals surface area contributed by atoms with Gasteiger partial charge in [-0.3, -0.25) is 9.59 Å². The highest BCUT2D eigenvalue weighted by Gasteiger charge is 2.29. The molecular formula is C13H19N3O4. The molecule has 1 aliphatic rings. The van der Waals surface area contributed by atoms with Crippen molar-refractivity contribution in [2.24, 2.45) is 0 Å². The number of aliphatic hydroxyl groups is 1. The molecule has 0 unspecified atom stereocenters. The molecule has 0 aromatic carbocycles. The Labute approximate surface area is 117 Å². The van der Waals surface area contributed by atoms with Gasteiger partial charge < -0.3 is 19.7 Å². The largest absolute Gasteiger partial charge is 0.438 e. The standard InChI is InChI=1S/C13H19N3O4/c1-8-12(20-7-14-8)13(19)16-5-3-10(15-9(2)17)11(18)4-6-16/h7,10-11,18H,3-6H2,1-2H3,(H,15,17)/t10-,11-/m0/s1. The second-order valence-corrected chi connectivity index (χ2v) is 5.01. The van der Waals surface area contributed by atoms with Crippen molar-refractivity contribution in [1.82, 2.24) is 15.2 Å². The number of oxazole rings is 1. The van der Waals surface area contributed by atoms with Crippen LogP contribution in [0, 0.1) is 6.92 Å². The number of rotatable bonds is 2. The normalized spacial score (nSPS) is 23.2. The van der Waals surface area contributed by atoms with Crippen molar-refractivity contribution >= 4 is 11.8 Å². The summed E-state index contributed by atoms with van der Waals surface area (Å²) in [5, 5.41) is 12.7. The topological polar surface area (TPSA) is 95.7 Å². The van der Waals surface area contributed by atoms with Crippen LogP contribution < -0.4 is 5.32 Å². The van der Waals surface area contributed by atoms with E-state index in [1.165, 1.54) is 13.3 Å². The zero-order valence-corrected chi connectivity index (χ0v) is 11.6. The van der Waals surface area contributed by atoms with Gasteiger partial charge in [0.25, 0.3) is 5.91 Å². The third-order valence-corrected chi connectivity index (χ3v) is 3.48. The molecule has 7 heteroatoms. The minimum atomic E-state index is -0.646. The number of hydrogen-bond acceptors (Lipinski definition) is 5. The van der Waals surface area contributed by atoms with Crippen molar-refractivity contribution < 1.29 is 19.1 Å². The fourth-order valence-corrected chi connectivity index (χ4v) is 2.37. The molecule has 20 heavy (non-hydrogen) atoms. The molecule has 1 aromatic heterocycles. The molecule has 0 radical (unpaired) electrons. The van der Waals surface area contributed by atoms with Crippen LogP contribution in [0.25, 0.3) is 0 Å². The van der Waals surface area contributed by atoms with E-state index < -0.39 is 6.10 Å². The second-order valence-electron chi connectivity index (χ2n) is 5.01. The average molecular weight is 281 g/mol. The molecule has 2 amide bonds. The van der Waals surface area contributed by atoms with Crippen LogP contribution in [-0.4, -0.2) is 52.0 Å². The summed E-state index contributed by atoms with van der Waals surface area (Å²) < 4.78 is 5.10. The maximum absolute atomic E-state index is 12.3. The molecule has 1 fully saturated rings. The number of nitrogens with zero attached hydrogens (tertiary/aromatic N) is 2. The maximum Gasteiger partial charge on any atom is 0.291 e. The first-order valence-electron chi connectivity index (χ1n) is 6.63. The summed E-state index contributed by atoms with van der Waals surface area (Å²) in [6.07, 6.45) is 1.53. The van der Waals surface area contributed by atoms with Crippen LogP contribution in [0.2, 0.25) is 0 Å². The van der Waals surface area contributed by atoms with Gasteiger partial charge >= 0.3 is 0 Å². The molecule has 1 aromatic rings. The Bertz CT molecular complexity index is 500. The molecule has 0 spiro atoms. The van der Waals surface area contributed by atoms with Crippen molar-refractivity contribution in [3.8, 4) is 0 Å². The van der Waals surface area contributed by atoms with Crippen LogP contribution in [0.4, 0.5) is 0 Å². The minimum Gasteiger partial charge on any atom is -0.438 e. The van der Waals surface area contributed by atoms with Gasteiger partial charge in [0.05, 0.1) is 17.8 Å². The number of aryl methyl sites for hydroxylation is 1. The van der Waals surface area contributed by atoms with Crippen LogP contribution in [0.5, 0.6) is 0 Å². The lowest BCUT2D eigenvalue weighted by molar-refractivity contribution is -0.120. The Morgan fingerprint density at radius 3 is 2.75 bits per heavy atom. The average Bonchev–Trinajstić information content (AvgIpc) is 2.73. The summed E-state index contributed by atoms with van der Waals surface area (Å²) >= 11 is 0. The first kappa shape index (κ1) is 14.5. The van der Waals surface area contributed by atoms with E-state index in [2.05, 4.69) is 10.3 Å². The maximum atomic E-state index is 12.3. The molecule has 2 N–H and O–H groups in total. The Hall–Kier alpha value is -1.89. The number of hydrogen-bond donors (Lipinski definition) is 2. The third-order valence-electron chi connectivity index (χ3n) is 3.48. The van der Waals surface area contributed by atoms with E-state index in [1.54, 1.807) is 11.8 Å². The molecule has 110 valence electrons. The van der Waals surface area contributed by atoms with Gasteiger partial charge in [-0.15, -0.1) is 0 Å². The number of likely N-dealkylation sites (tertiary alicyclic amines) is 1. The van der Waals surface area contributed by atoms with E-state index in [0.29, 0.717) is 31.6 Å². The molecule has 0 aliphatic carbocycles. The lowest BCUT2D eigenvalue weighted by Gasteiger charge is -2.20. The van der Waals surface area contributed by atoms with Crippen LogP contribution in [-0.2, 0) is 4.79 Å². The summed E-state index contributed by atoms with van der Waals surface area (Å²) in [6.45, 7) is 4.01. The zero-order chi connectivity index (χ0) is 14.7. The summed E-state index contributed by atoms with van der Waals surface area (Å²) in [4.78, 5) is 28.9. The van der Waals surface area contributed by atoms with E-state index in [9.17, 15) is 14.7 Å². The van der Waals surface area contributed by atoms with E-state index in [-0.39, 0.29) is 23.6 Å². The lowest BCUT2D eigenvalue weighted by atomic mass is 10.1. The van der Waals surface area contributed by atoms with Crippen molar-refractivity contribution in [3.63, 3.8) is 0 Å². The molecule has 0 bridgehead atoms. The minimum absolute atomic E-state index is 0.181. The van der Waals surface area contributed by atoms with E-state index in [4.69, 9.17) is 4.42 Å². The van der Waals surface area contributed by atoms with Crippen LogP contribution in [0.15, 0.2) is 10.8 Å². The number of nitrogens with one attached hydrogen (secondary N) is 1. The number of aliphatic hydroxyl groups excluding tert-OH is 1. The summed E-state index contributed by atoms with van der Waals surface area (Å²) in [5.41, 5.74) is 0.554. The van der Waals surface area contributed by atoms with E-state index >= 15 is 0 Å². The lowest BCUT2D eigenvalue weighted by Crippen LogP contribution is -2.42. The highest BCUT2D eigenvalue weighted by atomic mass is 16.3. The van der Waals surface area contributed by atoms with Gasteiger partial charge in [-0.2, -0.15) is 0 Å². The summed E-state index contributed by atoms with van der Waals surface area (Å²) in [5.74, 6) is -0.173. The van der Waals surface area contributed by atoms with Crippen molar-refractivity contribution in [2.45, 2.75) is 38.8 Å². The number of carbonyl (C=O) groups excluding carboxylic acids is 2. The van der Waals surface area contributed by atoms with Crippen molar-refractivity contribution in [3.05, 3.63) is 17.8 Å². The molecule has 7 nitrogen and oxygen atoms in total. The van der Waals surface area contributed by atoms with Crippen LogP contribution in [0.3, 0.4) is 0 Å².